The standard InChI is InChI=1S/C16H34N2O/c1-4-18(10-11-19)14-16(8-6-5-7-9-16)13-17-12-15(2)3/h15,17,19H,4-14H2,1-3H3. The molecule has 0 saturated heterocycles. The van der Waals surface area contributed by atoms with Crippen molar-refractivity contribution in [1.29, 1.82) is 0 Å². The highest BCUT2D eigenvalue weighted by Crippen LogP contribution is 2.36. The van der Waals surface area contributed by atoms with Crippen LogP contribution in [0.2, 0.25) is 0 Å². The van der Waals surface area contributed by atoms with Crippen LogP contribution in [0.4, 0.5) is 0 Å². The molecule has 19 heavy (non-hydrogen) atoms. The molecule has 3 heteroatoms. The van der Waals surface area contributed by atoms with E-state index in [0.29, 0.717) is 5.41 Å². The lowest BCUT2D eigenvalue weighted by Gasteiger charge is -2.41. The fourth-order valence-electron chi connectivity index (χ4n) is 3.28. The van der Waals surface area contributed by atoms with Crippen LogP contribution in [0.1, 0.15) is 52.9 Å². The number of likely N-dealkylation sites (N-methyl/N-ethyl adjacent to an activating group) is 1. The van der Waals surface area contributed by atoms with E-state index in [9.17, 15) is 5.11 Å². The number of rotatable bonds is 9. The van der Waals surface area contributed by atoms with Gasteiger partial charge >= 0.3 is 0 Å². The highest BCUT2D eigenvalue weighted by atomic mass is 16.3. The minimum atomic E-state index is 0.281. The highest BCUT2D eigenvalue weighted by molar-refractivity contribution is 4.88. The fraction of sp³-hybridized carbons (Fsp3) is 1.00. The Morgan fingerprint density at radius 1 is 1.21 bits per heavy atom. The molecule has 0 aromatic rings. The van der Waals surface area contributed by atoms with Crippen LogP contribution in [0.5, 0.6) is 0 Å². The van der Waals surface area contributed by atoms with E-state index in [1.54, 1.807) is 0 Å². The first-order chi connectivity index (χ1) is 9.12. The molecule has 0 aromatic heterocycles. The molecular formula is C16H34N2O. The van der Waals surface area contributed by atoms with Gasteiger partial charge in [-0.1, -0.05) is 40.0 Å². The summed E-state index contributed by atoms with van der Waals surface area (Å²) in [5.74, 6) is 0.723. The first-order valence-electron chi connectivity index (χ1n) is 8.16. The van der Waals surface area contributed by atoms with Crippen LogP contribution in [-0.4, -0.2) is 49.3 Å². The van der Waals surface area contributed by atoms with Crippen molar-refractivity contribution in [2.75, 3.05) is 39.3 Å². The van der Waals surface area contributed by atoms with E-state index in [1.807, 2.05) is 0 Å². The van der Waals surface area contributed by atoms with E-state index in [2.05, 4.69) is 31.0 Å². The maximum absolute atomic E-state index is 9.17. The molecule has 2 N–H and O–H groups in total. The van der Waals surface area contributed by atoms with Crippen LogP contribution >= 0.6 is 0 Å². The Morgan fingerprint density at radius 2 is 1.89 bits per heavy atom. The number of nitrogens with one attached hydrogen (secondary N) is 1. The lowest BCUT2D eigenvalue weighted by molar-refractivity contribution is 0.0915. The average molecular weight is 270 g/mol. The van der Waals surface area contributed by atoms with E-state index in [0.717, 1.165) is 38.6 Å². The van der Waals surface area contributed by atoms with Gasteiger partial charge in [-0.25, -0.2) is 0 Å². The summed E-state index contributed by atoms with van der Waals surface area (Å²) < 4.78 is 0. The Bertz CT molecular complexity index is 225. The molecule has 0 aliphatic heterocycles. The number of nitrogens with zero attached hydrogens (tertiary/aromatic N) is 1. The third-order valence-electron chi connectivity index (χ3n) is 4.39. The zero-order chi connectivity index (χ0) is 14.1. The summed E-state index contributed by atoms with van der Waals surface area (Å²) in [5, 5.41) is 12.9. The number of hydrogen-bond donors (Lipinski definition) is 2. The third-order valence-corrected chi connectivity index (χ3v) is 4.39. The van der Waals surface area contributed by atoms with E-state index >= 15 is 0 Å². The van der Waals surface area contributed by atoms with Gasteiger partial charge < -0.3 is 15.3 Å². The molecule has 0 unspecified atom stereocenters. The Kier molecular flexibility index (Phi) is 7.96. The van der Waals surface area contributed by atoms with Crippen molar-refractivity contribution < 1.29 is 5.11 Å². The molecule has 0 heterocycles. The van der Waals surface area contributed by atoms with Crippen LogP contribution in [0.15, 0.2) is 0 Å². The first kappa shape index (κ1) is 16.9. The van der Waals surface area contributed by atoms with Crippen molar-refractivity contribution in [3.63, 3.8) is 0 Å². The molecule has 3 nitrogen and oxygen atoms in total. The average Bonchev–Trinajstić information content (AvgIpc) is 2.39. The molecule has 0 spiro atoms. The lowest BCUT2D eigenvalue weighted by Crippen LogP contribution is -2.46. The van der Waals surface area contributed by atoms with Crippen molar-refractivity contribution in [2.45, 2.75) is 52.9 Å². The Labute approximate surface area is 119 Å². The Morgan fingerprint density at radius 3 is 2.42 bits per heavy atom. The molecule has 1 aliphatic rings. The SMILES string of the molecule is CCN(CCO)CC1(CNCC(C)C)CCCCC1. The van der Waals surface area contributed by atoms with Gasteiger partial charge in [0.2, 0.25) is 0 Å². The van der Waals surface area contributed by atoms with Crippen molar-refractivity contribution in [1.82, 2.24) is 10.2 Å². The minimum absolute atomic E-state index is 0.281. The zero-order valence-electron chi connectivity index (χ0n) is 13.2. The van der Waals surface area contributed by atoms with Gasteiger partial charge in [-0.05, 0) is 37.3 Å². The number of aliphatic hydroxyl groups is 1. The van der Waals surface area contributed by atoms with Crippen LogP contribution < -0.4 is 5.32 Å². The van der Waals surface area contributed by atoms with Gasteiger partial charge in [0.15, 0.2) is 0 Å². The molecule has 1 rings (SSSR count). The summed E-state index contributed by atoms with van der Waals surface area (Å²) in [5.41, 5.74) is 0.443. The molecular weight excluding hydrogens is 236 g/mol. The van der Waals surface area contributed by atoms with Crippen LogP contribution in [0.25, 0.3) is 0 Å². The molecule has 1 fully saturated rings. The molecule has 0 aromatic carbocycles. The molecule has 0 atom stereocenters. The molecule has 1 saturated carbocycles. The molecule has 114 valence electrons. The van der Waals surface area contributed by atoms with Crippen molar-refractivity contribution in [3.8, 4) is 0 Å². The quantitative estimate of drug-likeness (QED) is 0.676. The maximum atomic E-state index is 9.17. The summed E-state index contributed by atoms with van der Waals surface area (Å²) in [6, 6.07) is 0. The van der Waals surface area contributed by atoms with Gasteiger partial charge in [-0.15, -0.1) is 0 Å². The molecule has 1 aliphatic carbocycles. The van der Waals surface area contributed by atoms with Crippen molar-refractivity contribution in [2.24, 2.45) is 11.3 Å². The predicted molar refractivity (Wildman–Crippen MR) is 82.4 cm³/mol. The topological polar surface area (TPSA) is 35.5 Å². The van der Waals surface area contributed by atoms with E-state index < -0.39 is 0 Å². The Hall–Kier alpha value is -0.120. The van der Waals surface area contributed by atoms with Gasteiger partial charge in [0.25, 0.3) is 0 Å². The van der Waals surface area contributed by atoms with Gasteiger partial charge in [0, 0.05) is 19.6 Å². The predicted octanol–water partition coefficient (Wildman–Crippen LogP) is 2.50. The zero-order valence-corrected chi connectivity index (χ0v) is 13.2. The van der Waals surface area contributed by atoms with Crippen LogP contribution in [0.3, 0.4) is 0 Å². The maximum Gasteiger partial charge on any atom is 0.0558 e. The third kappa shape index (κ3) is 6.24. The summed E-state index contributed by atoms with van der Waals surface area (Å²) in [6.07, 6.45) is 6.85. The summed E-state index contributed by atoms with van der Waals surface area (Å²) >= 11 is 0. The summed E-state index contributed by atoms with van der Waals surface area (Å²) in [4.78, 5) is 2.42. The largest absolute Gasteiger partial charge is 0.395 e. The van der Waals surface area contributed by atoms with Gasteiger partial charge in [-0.2, -0.15) is 0 Å². The lowest BCUT2D eigenvalue weighted by atomic mass is 9.73. The summed E-state index contributed by atoms with van der Waals surface area (Å²) in [6.45, 7) is 12.3. The van der Waals surface area contributed by atoms with Gasteiger partial charge in [0.1, 0.15) is 0 Å². The minimum Gasteiger partial charge on any atom is -0.395 e. The smallest absolute Gasteiger partial charge is 0.0558 e. The van der Waals surface area contributed by atoms with E-state index in [4.69, 9.17) is 0 Å². The second kappa shape index (κ2) is 8.93. The highest BCUT2D eigenvalue weighted by Gasteiger charge is 2.33. The van der Waals surface area contributed by atoms with Crippen molar-refractivity contribution in [3.05, 3.63) is 0 Å². The first-order valence-corrected chi connectivity index (χ1v) is 8.16. The van der Waals surface area contributed by atoms with Gasteiger partial charge in [0.05, 0.1) is 6.61 Å². The Balaban J connectivity index is 2.53. The second-order valence-corrected chi connectivity index (χ2v) is 6.68. The monoisotopic (exact) mass is 270 g/mol. The van der Waals surface area contributed by atoms with E-state index in [1.165, 1.54) is 32.1 Å². The second-order valence-electron chi connectivity index (χ2n) is 6.68. The van der Waals surface area contributed by atoms with Gasteiger partial charge in [-0.3, -0.25) is 0 Å². The van der Waals surface area contributed by atoms with Crippen LogP contribution in [0, 0.1) is 11.3 Å². The van der Waals surface area contributed by atoms with Crippen molar-refractivity contribution >= 4 is 0 Å². The fourth-order valence-corrected chi connectivity index (χ4v) is 3.28. The normalized spacial score (nSPS) is 19.3. The number of aliphatic hydroxyl groups excluding tert-OH is 1. The van der Waals surface area contributed by atoms with Crippen LogP contribution in [-0.2, 0) is 0 Å². The molecule has 0 radical (unpaired) electrons. The molecule has 0 amide bonds. The molecule has 0 bridgehead atoms. The number of hydrogen-bond acceptors (Lipinski definition) is 3. The van der Waals surface area contributed by atoms with E-state index in [-0.39, 0.29) is 6.61 Å². The summed E-state index contributed by atoms with van der Waals surface area (Å²) in [7, 11) is 0.